The molecule has 12 heteroatoms. The number of hydrogen-bond acceptors (Lipinski definition) is 6. The van der Waals surface area contributed by atoms with Crippen LogP contribution in [0.5, 0.6) is 5.75 Å². The Labute approximate surface area is 150 Å². The van der Waals surface area contributed by atoms with Crippen LogP contribution in [0.3, 0.4) is 0 Å². The van der Waals surface area contributed by atoms with Crippen LogP contribution < -0.4 is 10.1 Å². The van der Waals surface area contributed by atoms with E-state index in [0.29, 0.717) is 5.69 Å². The van der Waals surface area contributed by atoms with Crippen molar-refractivity contribution in [1.82, 2.24) is 8.61 Å². The summed E-state index contributed by atoms with van der Waals surface area (Å²) in [5, 5.41) is 2.50. The van der Waals surface area contributed by atoms with Gasteiger partial charge < -0.3 is 10.1 Å². The van der Waals surface area contributed by atoms with Gasteiger partial charge >= 0.3 is 0 Å². The van der Waals surface area contributed by atoms with Crippen molar-refractivity contribution in [1.29, 1.82) is 0 Å². The first-order chi connectivity index (χ1) is 11.6. The van der Waals surface area contributed by atoms with Gasteiger partial charge in [-0.1, -0.05) is 11.6 Å². The maximum atomic E-state index is 12.8. The fraction of sp³-hybridized carbons (Fsp3) is 0.462. The SMILES string of the molecule is CS(=O)(=O)N1CCN(S(=O)(=O)c2cc3c(cc2Cl)NC(=O)CO3)CC1. The van der Waals surface area contributed by atoms with Crippen molar-refractivity contribution in [2.45, 2.75) is 4.90 Å². The lowest BCUT2D eigenvalue weighted by Gasteiger charge is -2.32. The number of benzene rings is 1. The summed E-state index contributed by atoms with van der Waals surface area (Å²) < 4.78 is 56.4. The van der Waals surface area contributed by atoms with Crippen molar-refractivity contribution in [3.05, 3.63) is 17.2 Å². The van der Waals surface area contributed by atoms with Gasteiger partial charge in [0.15, 0.2) is 6.61 Å². The lowest BCUT2D eigenvalue weighted by atomic mass is 10.2. The minimum atomic E-state index is -3.92. The van der Waals surface area contributed by atoms with Crippen LogP contribution in [-0.2, 0) is 24.8 Å². The summed E-state index contributed by atoms with van der Waals surface area (Å²) >= 11 is 6.09. The maximum absolute atomic E-state index is 12.8. The van der Waals surface area contributed by atoms with E-state index in [9.17, 15) is 21.6 Å². The van der Waals surface area contributed by atoms with E-state index >= 15 is 0 Å². The summed E-state index contributed by atoms with van der Waals surface area (Å²) in [5.74, 6) is -0.131. The Hall–Kier alpha value is -1.40. The van der Waals surface area contributed by atoms with Crippen LogP contribution >= 0.6 is 11.6 Å². The molecule has 1 fully saturated rings. The number of hydrogen-bond donors (Lipinski definition) is 1. The van der Waals surface area contributed by atoms with Gasteiger partial charge in [-0.05, 0) is 6.07 Å². The summed E-state index contributed by atoms with van der Waals surface area (Å²) in [4.78, 5) is 11.2. The molecule has 0 atom stereocenters. The Balaban J connectivity index is 1.87. The van der Waals surface area contributed by atoms with Gasteiger partial charge in [0.05, 0.1) is 17.0 Å². The number of amides is 1. The van der Waals surface area contributed by atoms with E-state index in [1.165, 1.54) is 20.7 Å². The van der Waals surface area contributed by atoms with Gasteiger partial charge in [-0.3, -0.25) is 4.79 Å². The molecular weight excluding hydrogens is 394 g/mol. The number of anilines is 1. The molecule has 138 valence electrons. The van der Waals surface area contributed by atoms with Crippen molar-refractivity contribution >= 4 is 43.2 Å². The van der Waals surface area contributed by atoms with Crippen LogP contribution in [0.1, 0.15) is 0 Å². The number of nitrogens with one attached hydrogen (secondary N) is 1. The average Bonchev–Trinajstić information content (AvgIpc) is 2.53. The summed E-state index contributed by atoms with van der Waals surface area (Å²) in [6, 6.07) is 2.60. The van der Waals surface area contributed by atoms with Crippen molar-refractivity contribution in [2.24, 2.45) is 0 Å². The molecule has 1 aromatic carbocycles. The lowest BCUT2D eigenvalue weighted by Crippen LogP contribution is -2.50. The number of nitrogens with zero attached hydrogens (tertiary/aromatic N) is 2. The van der Waals surface area contributed by atoms with Crippen molar-refractivity contribution in [3.63, 3.8) is 0 Å². The molecule has 2 heterocycles. The second-order valence-corrected chi connectivity index (χ2v) is 9.98. The third kappa shape index (κ3) is 3.60. The normalized spacial score (nSPS) is 19.8. The highest BCUT2D eigenvalue weighted by atomic mass is 35.5. The minimum absolute atomic E-state index is 0.0282. The predicted molar refractivity (Wildman–Crippen MR) is 90.8 cm³/mol. The molecule has 25 heavy (non-hydrogen) atoms. The van der Waals surface area contributed by atoms with Gasteiger partial charge in [-0.25, -0.2) is 16.8 Å². The number of halogens is 1. The molecule has 0 spiro atoms. The molecule has 0 radical (unpaired) electrons. The topological polar surface area (TPSA) is 113 Å². The van der Waals surface area contributed by atoms with Gasteiger partial charge in [0.2, 0.25) is 20.0 Å². The van der Waals surface area contributed by atoms with Crippen LogP contribution in [0.2, 0.25) is 5.02 Å². The van der Waals surface area contributed by atoms with Gasteiger partial charge in [0.1, 0.15) is 10.6 Å². The Bertz CT molecular complexity index is 923. The smallest absolute Gasteiger partial charge is 0.262 e. The molecule has 9 nitrogen and oxygen atoms in total. The van der Waals surface area contributed by atoms with E-state index < -0.39 is 20.0 Å². The van der Waals surface area contributed by atoms with Gasteiger partial charge in [0, 0.05) is 32.2 Å². The van der Waals surface area contributed by atoms with E-state index in [0.717, 1.165) is 6.26 Å². The summed E-state index contributed by atoms with van der Waals surface area (Å²) in [6.07, 6.45) is 1.09. The van der Waals surface area contributed by atoms with Crippen molar-refractivity contribution < 1.29 is 26.4 Å². The van der Waals surface area contributed by atoms with Gasteiger partial charge in [-0.2, -0.15) is 8.61 Å². The summed E-state index contributed by atoms with van der Waals surface area (Å²) in [7, 11) is -7.28. The van der Waals surface area contributed by atoms with Crippen LogP contribution in [0.4, 0.5) is 5.69 Å². The fourth-order valence-corrected chi connectivity index (χ4v) is 5.43. The van der Waals surface area contributed by atoms with Gasteiger partial charge in [0.25, 0.3) is 5.91 Å². The second kappa shape index (κ2) is 6.40. The zero-order valence-corrected chi connectivity index (χ0v) is 15.6. The molecule has 1 amide bonds. The number of piperazine rings is 1. The maximum Gasteiger partial charge on any atom is 0.262 e. The number of fused-ring (bicyclic) bond motifs is 1. The molecule has 0 unspecified atom stereocenters. The highest BCUT2D eigenvalue weighted by Crippen LogP contribution is 2.36. The number of sulfonamides is 2. The molecule has 0 bridgehead atoms. The standard InChI is InChI=1S/C13H16ClN3O6S2/c1-24(19,20)16-2-4-17(5-3-16)25(21,22)12-7-11-10(6-9(12)14)15-13(18)8-23-11/h6-7H,2-5,8H2,1H3,(H,15,18). The first kappa shape index (κ1) is 18.4. The summed E-state index contributed by atoms with van der Waals surface area (Å²) in [5.41, 5.74) is 0.307. The van der Waals surface area contributed by atoms with E-state index in [4.69, 9.17) is 16.3 Å². The lowest BCUT2D eigenvalue weighted by molar-refractivity contribution is -0.118. The van der Waals surface area contributed by atoms with Crippen LogP contribution in [0.15, 0.2) is 17.0 Å². The third-order valence-corrected chi connectivity index (χ3v) is 7.62. The van der Waals surface area contributed by atoms with E-state index in [1.54, 1.807) is 0 Å². The molecule has 2 aliphatic heterocycles. The molecule has 1 N–H and O–H groups in total. The van der Waals surface area contributed by atoms with Crippen LogP contribution in [-0.4, -0.2) is 70.4 Å². The van der Waals surface area contributed by atoms with E-state index in [1.807, 2.05) is 0 Å². The quantitative estimate of drug-likeness (QED) is 0.748. The van der Waals surface area contributed by atoms with Gasteiger partial charge in [-0.15, -0.1) is 0 Å². The first-order valence-corrected chi connectivity index (χ1v) is 11.0. The van der Waals surface area contributed by atoms with E-state index in [2.05, 4.69) is 5.32 Å². The predicted octanol–water partition coefficient (Wildman–Crippen LogP) is -0.0632. The Morgan fingerprint density at radius 1 is 1.08 bits per heavy atom. The molecule has 0 aliphatic carbocycles. The third-order valence-electron chi connectivity index (χ3n) is 3.95. The molecule has 3 rings (SSSR count). The molecule has 1 aromatic rings. The first-order valence-electron chi connectivity index (χ1n) is 7.30. The molecule has 0 saturated carbocycles. The highest BCUT2D eigenvalue weighted by molar-refractivity contribution is 7.89. The monoisotopic (exact) mass is 409 g/mol. The van der Waals surface area contributed by atoms with E-state index in [-0.39, 0.29) is 54.4 Å². The Morgan fingerprint density at radius 3 is 2.28 bits per heavy atom. The Kier molecular flexibility index (Phi) is 4.71. The van der Waals surface area contributed by atoms with Crippen LogP contribution in [0, 0.1) is 0 Å². The zero-order chi connectivity index (χ0) is 18.4. The second-order valence-electron chi connectivity index (χ2n) is 5.68. The highest BCUT2D eigenvalue weighted by Gasteiger charge is 2.33. The molecule has 1 saturated heterocycles. The largest absolute Gasteiger partial charge is 0.482 e. The van der Waals surface area contributed by atoms with Crippen molar-refractivity contribution in [3.8, 4) is 5.75 Å². The Morgan fingerprint density at radius 2 is 1.68 bits per heavy atom. The molecular formula is C13H16ClN3O6S2. The summed E-state index contributed by atoms with van der Waals surface area (Å²) in [6.45, 7) is 0.00232. The van der Waals surface area contributed by atoms with Crippen LogP contribution in [0.25, 0.3) is 0 Å². The van der Waals surface area contributed by atoms with Crippen molar-refractivity contribution in [2.75, 3.05) is 44.4 Å². The number of rotatable bonds is 3. The number of carbonyl (C=O) groups is 1. The average molecular weight is 410 g/mol. The zero-order valence-electron chi connectivity index (χ0n) is 13.2. The fourth-order valence-electron chi connectivity index (χ4n) is 2.66. The number of carbonyl (C=O) groups excluding carboxylic acids is 1. The molecule has 0 aromatic heterocycles. The number of ether oxygens (including phenoxy) is 1. The minimum Gasteiger partial charge on any atom is -0.482 e. The molecule has 2 aliphatic rings.